The number of hydrogen-bond donors (Lipinski definition) is 3. The molecule has 0 radical (unpaired) electrons. The van der Waals surface area contributed by atoms with E-state index in [2.05, 4.69) is 16.0 Å². The molecule has 10 nitrogen and oxygen atoms in total. The second-order valence-electron chi connectivity index (χ2n) is 10.0. The van der Waals surface area contributed by atoms with Gasteiger partial charge in [-0.2, -0.15) is 0 Å². The molecule has 4 rings (SSSR count). The van der Waals surface area contributed by atoms with Gasteiger partial charge in [-0.25, -0.2) is 0 Å². The lowest BCUT2D eigenvalue weighted by Crippen LogP contribution is -2.30. The molecular weight excluding hydrogens is 618 g/mol. The molecule has 3 amide bonds. The molecule has 0 aliphatic carbocycles. The minimum absolute atomic E-state index is 0.0192. The van der Waals surface area contributed by atoms with Crippen molar-refractivity contribution in [1.29, 1.82) is 0 Å². The first-order chi connectivity index (χ1) is 22.7. The lowest BCUT2D eigenvalue weighted by Gasteiger charge is -2.15. The first-order valence-electron chi connectivity index (χ1n) is 14.7. The van der Waals surface area contributed by atoms with Crippen LogP contribution >= 0.6 is 11.8 Å². The molecule has 0 heterocycles. The average molecular weight is 656 g/mol. The Balaban J connectivity index is 1.53. The highest BCUT2D eigenvalue weighted by atomic mass is 32.2. The average Bonchev–Trinajstić information content (AvgIpc) is 3.08. The molecule has 0 spiro atoms. The molecule has 47 heavy (non-hydrogen) atoms. The van der Waals surface area contributed by atoms with Gasteiger partial charge in [0.1, 0.15) is 11.4 Å². The van der Waals surface area contributed by atoms with Gasteiger partial charge in [0.05, 0.1) is 33.2 Å². The van der Waals surface area contributed by atoms with E-state index >= 15 is 0 Å². The van der Waals surface area contributed by atoms with Crippen molar-refractivity contribution in [2.24, 2.45) is 0 Å². The van der Waals surface area contributed by atoms with E-state index in [0.717, 1.165) is 10.6 Å². The van der Waals surface area contributed by atoms with Crippen LogP contribution < -0.4 is 34.9 Å². The maximum absolute atomic E-state index is 13.7. The summed E-state index contributed by atoms with van der Waals surface area (Å²) in [4.78, 5) is 40.4. The van der Waals surface area contributed by atoms with Crippen LogP contribution in [0, 0.1) is 0 Å². The summed E-state index contributed by atoms with van der Waals surface area (Å²) >= 11 is 1.34. The van der Waals surface area contributed by atoms with Gasteiger partial charge in [-0.15, -0.1) is 11.8 Å². The number of carbonyl (C=O) groups is 3. The quantitative estimate of drug-likeness (QED) is 0.102. The summed E-state index contributed by atoms with van der Waals surface area (Å²) in [6.45, 7) is 4.27. The van der Waals surface area contributed by atoms with Crippen LogP contribution in [0.15, 0.2) is 102 Å². The zero-order valence-corrected chi connectivity index (χ0v) is 27.6. The number of anilines is 2. The molecule has 0 saturated heterocycles. The summed E-state index contributed by atoms with van der Waals surface area (Å²) in [5, 5.41) is 8.07. The van der Waals surface area contributed by atoms with E-state index in [1.54, 1.807) is 91.9 Å². The number of benzene rings is 4. The topological polar surface area (TPSA) is 124 Å². The van der Waals surface area contributed by atoms with Crippen molar-refractivity contribution in [3.8, 4) is 23.0 Å². The summed E-state index contributed by atoms with van der Waals surface area (Å²) in [7, 11) is 4.48. The molecule has 1 unspecified atom stereocenters. The highest BCUT2D eigenvalue weighted by molar-refractivity contribution is 8.00. The molecule has 3 N–H and O–H groups in total. The van der Waals surface area contributed by atoms with E-state index < -0.39 is 17.1 Å². The van der Waals surface area contributed by atoms with Gasteiger partial charge in [0, 0.05) is 21.8 Å². The van der Waals surface area contributed by atoms with E-state index in [1.807, 2.05) is 13.0 Å². The lowest BCUT2D eigenvalue weighted by atomic mass is 10.1. The molecule has 4 aromatic rings. The first kappa shape index (κ1) is 34.5. The molecule has 0 bridgehead atoms. The van der Waals surface area contributed by atoms with Crippen LogP contribution in [0.5, 0.6) is 23.0 Å². The van der Waals surface area contributed by atoms with E-state index in [9.17, 15) is 14.4 Å². The van der Waals surface area contributed by atoms with Crippen molar-refractivity contribution in [2.75, 3.05) is 38.6 Å². The Labute approximate surface area is 278 Å². The number of nitrogens with one attached hydrogen (secondary N) is 3. The summed E-state index contributed by atoms with van der Waals surface area (Å²) in [6, 6.07) is 26.2. The monoisotopic (exact) mass is 655 g/mol. The summed E-state index contributed by atoms with van der Waals surface area (Å²) in [5.74, 6) is 0.696. The number of rotatable bonds is 14. The van der Waals surface area contributed by atoms with Gasteiger partial charge in [-0.3, -0.25) is 14.4 Å². The fourth-order valence-corrected chi connectivity index (χ4v) is 5.37. The predicted octanol–water partition coefficient (Wildman–Crippen LogP) is 6.64. The fraction of sp³-hybridized carbons (Fsp3) is 0.194. The van der Waals surface area contributed by atoms with Crippen molar-refractivity contribution >= 4 is 46.9 Å². The van der Waals surface area contributed by atoms with Crippen LogP contribution in [-0.4, -0.2) is 50.9 Å². The highest BCUT2D eigenvalue weighted by Crippen LogP contribution is 2.38. The molecular formula is C36H37N3O7S. The Bertz CT molecular complexity index is 1700. The van der Waals surface area contributed by atoms with E-state index in [4.69, 9.17) is 18.9 Å². The number of thioether (sulfide) groups is 1. The van der Waals surface area contributed by atoms with E-state index in [1.165, 1.54) is 39.2 Å². The molecule has 0 fully saturated rings. The van der Waals surface area contributed by atoms with Crippen LogP contribution in [0.4, 0.5) is 11.4 Å². The largest absolute Gasteiger partial charge is 0.494 e. The van der Waals surface area contributed by atoms with Crippen molar-refractivity contribution in [2.45, 2.75) is 24.0 Å². The molecule has 4 aromatic carbocycles. The van der Waals surface area contributed by atoms with Crippen LogP contribution in [-0.2, 0) is 9.59 Å². The standard InChI is InChI=1S/C36H37N3O7S/c1-6-46-28-17-15-26(16-18-28)37-34(40)23(2)47-29-14-10-13-27(22-29)38-36(42)30(39-35(41)25-11-8-7-9-12-25)19-24-20-31(43-3)33(45-5)32(21-24)44-4/h7-23H,6H2,1-5H3,(H,37,40)(H,38,42)(H,39,41)/b30-19+. The van der Waals surface area contributed by atoms with Crippen LogP contribution in [0.2, 0.25) is 0 Å². The SMILES string of the molecule is CCOc1ccc(NC(=O)C(C)Sc2cccc(NC(=O)/C(=C\c3cc(OC)c(OC)c(OC)c3)NC(=O)c3ccccc3)c2)cc1. The minimum Gasteiger partial charge on any atom is -0.494 e. The predicted molar refractivity (Wildman–Crippen MR) is 185 cm³/mol. The summed E-state index contributed by atoms with van der Waals surface area (Å²) < 4.78 is 21.8. The van der Waals surface area contributed by atoms with Crippen molar-refractivity contribution in [1.82, 2.24) is 5.32 Å². The molecule has 0 saturated carbocycles. The Morgan fingerprint density at radius 3 is 2.09 bits per heavy atom. The number of carbonyl (C=O) groups excluding carboxylic acids is 3. The van der Waals surface area contributed by atoms with Crippen molar-refractivity contribution in [3.05, 3.63) is 108 Å². The Hall–Kier alpha value is -5.42. The van der Waals surface area contributed by atoms with Crippen LogP contribution in [0.1, 0.15) is 29.8 Å². The molecule has 244 valence electrons. The smallest absolute Gasteiger partial charge is 0.272 e. The van der Waals surface area contributed by atoms with Gasteiger partial charge < -0.3 is 34.9 Å². The van der Waals surface area contributed by atoms with Crippen molar-refractivity contribution in [3.63, 3.8) is 0 Å². The molecule has 11 heteroatoms. The fourth-order valence-electron chi connectivity index (χ4n) is 4.44. The number of hydrogen-bond acceptors (Lipinski definition) is 8. The normalized spacial score (nSPS) is 11.6. The van der Waals surface area contributed by atoms with Gasteiger partial charge in [0.25, 0.3) is 11.8 Å². The summed E-state index contributed by atoms with van der Waals surface area (Å²) in [5.41, 5.74) is 2.02. The number of methoxy groups -OCH3 is 3. The Kier molecular flexibility index (Phi) is 12.3. The van der Waals surface area contributed by atoms with Crippen LogP contribution in [0.3, 0.4) is 0 Å². The molecule has 0 aromatic heterocycles. The van der Waals surface area contributed by atoms with Gasteiger partial charge in [0.15, 0.2) is 11.5 Å². The molecule has 0 aliphatic heterocycles. The van der Waals surface area contributed by atoms with E-state index in [0.29, 0.717) is 46.4 Å². The summed E-state index contributed by atoms with van der Waals surface area (Å²) in [6.07, 6.45) is 1.52. The zero-order chi connectivity index (χ0) is 33.8. The third kappa shape index (κ3) is 9.54. The van der Waals surface area contributed by atoms with Crippen molar-refractivity contribution < 1.29 is 33.3 Å². The second-order valence-corrected chi connectivity index (χ2v) is 11.4. The maximum Gasteiger partial charge on any atom is 0.272 e. The third-order valence-electron chi connectivity index (χ3n) is 6.73. The van der Waals surface area contributed by atoms with Gasteiger partial charge in [-0.05, 0) is 92.2 Å². The maximum atomic E-state index is 13.7. The molecule has 1 atom stereocenters. The Morgan fingerprint density at radius 2 is 1.47 bits per heavy atom. The third-order valence-corrected chi connectivity index (χ3v) is 7.83. The first-order valence-corrected chi connectivity index (χ1v) is 15.6. The number of ether oxygens (including phenoxy) is 4. The number of amides is 3. The van der Waals surface area contributed by atoms with Gasteiger partial charge in [-0.1, -0.05) is 24.3 Å². The van der Waals surface area contributed by atoms with E-state index in [-0.39, 0.29) is 11.6 Å². The second kappa shape index (κ2) is 16.8. The molecule has 0 aliphatic rings. The van der Waals surface area contributed by atoms with Gasteiger partial charge >= 0.3 is 0 Å². The van der Waals surface area contributed by atoms with Gasteiger partial charge in [0.2, 0.25) is 11.7 Å². The Morgan fingerprint density at radius 1 is 0.787 bits per heavy atom. The zero-order valence-electron chi connectivity index (χ0n) is 26.8. The van der Waals surface area contributed by atoms with Crippen LogP contribution in [0.25, 0.3) is 6.08 Å². The minimum atomic E-state index is -0.563. The lowest BCUT2D eigenvalue weighted by molar-refractivity contribution is -0.115. The highest BCUT2D eigenvalue weighted by Gasteiger charge is 2.19.